The molecule has 6 nitrogen and oxygen atoms in total. The SMILES string of the molecule is Cc1cc(C(=O)NC[C@]2(CO)COC[C@@H](C)N2C)c[nH]1. The van der Waals surface area contributed by atoms with Gasteiger partial charge in [-0.15, -0.1) is 0 Å². The lowest BCUT2D eigenvalue weighted by Gasteiger charge is -2.47. The molecule has 1 aromatic rings. The van der Waals surface area contributed by atoms with Crippen molar-refractivity contribution in [3.05, 3.63) is 23.5 Å². The van der Waals surface area contributed by atoms with Crippen LogP contribution in [0.3, 0.4) is 0 Å². The highest BCUT2D eigenvalue weighted by atomic mass is 16.5. The number of amides is 1. The van der Waals surface area contributed by atoms with Crippen LogP contribution < -0.4 is 5.32 Å². The van der Waals surface area contributed by atoms with Gasteiger partial charge in [-0.3, -0.25) is 9.69 Å². The zero-order chi connectivity index (χ0) is 14.8. The number of aliphatic hydroxyl groups excluding tert-OH is 1. The summed E-state index contributed by atoms with van der Waals surface area (Å²) in [5.41, 5.74) is 0.986. The number of hydrogen-bond acceptors (Lipinski definition) is 4. The molecule has 0 bridgehead atoms. The van der Waals surface area contributed by atoms with E-state index in [1.165, 1.54) is 0 Å². The maximum absolute atomic E-state index is 12.1. The molecule has 1 saturated heterocycles. The second kappa shape index (κ2) is 5.95. The quantitative estimate of drug-likeness (QED) is 0.733. The van der Waals surface area contributed by atoms with Crippen molar-refractivity contribution >= 4 is 5.91 Å². The van der Waals surface area contributed by atoms with Crippen molar-refractivity contribution in [3.63, 3.8) is 0 Å². The second-order valence-electron chi connectivity index (χ2n) is 5.61. The Labute approximate surface area is 119 Å². The molecule has 1 amide bonds. The van der Waals surface area contributed by atoms with Gasteiger partial charge in [0.2, 0.25) is 0 Å². The number of morpholine rings is 1. The third-order valence-corrected chi connectivity index (χ3v) is 4.10. The molecule has 20 heavy (non-hydrogen) atoms. The number of aromatic amines is 1. The largest absolute Gasteiger partial charge is 0.394 e. The van der Waals surface area contributed by atoms with Crippen LogP contribution >= 0.6 is 0 Å². The number of carbonyl (C=O) groups is 1. The van der Waals surface area contributed by atoms with Gasteiger partial charge in [-0.25, -0.2) is 0 Å². The summed E-state index contributed by atoms with van der Waals surface area (Å²) in [5.74, 6) is -0.145. The number of aliphatic hydroxyl groups is 1. The van der Waals surface area contributed by atoms with E-state index in [-0.39, 0.29) is 18.6 Å². The minimum absolute atomic E-state index is 0.0553. The summed E-state index contributed by atoms with van der Waals surface area (Å²) in [6.45, 7) is 5.30. The monoisotopic (exact) mass is 281 g/mol. The molecular weight excluding hydrogens is 258 g/mol. The van der Waals surface area contributed by atoms with Crippen LogP contribution in [0, 0.1) is 6.92 Å². The van der Waals surface area contributed by atoms with Crippen molar-refractivity contribution in [1.29, 1.82) is 0 Å². The highest BCUT2D eigenvalue weighted by Gasteiger charge is 2.40. The first-order valence-corrected chi connectivity index (χ1v) is 6.83. The van der Waals surface area contributed by atoms with E-state index in [1.807, 2.05) is 20.9 Å². The third-order valence-electron chi connectivity index (χ3n) is 4.10. The Morgan fingerprint density at radius 3 is 3.05 bits per heavy atom. The number of H-pyrrole nitrogens is 1. The highest BCUT2D eigenvalue weighted by molar-refractivity contribution is 5.94. The van der Waals surface area contributed by atoms with Crippen molar-refractivity contribution in [1.82, 2.24) is 15.2 Å². The fraction of sp³-hybridized carbons (Fsp3) is 0.643. The van der Waals surface area contributed by atoms with Crippen molar-refractivity contribution in [3.8, 4) is 0 Å². The molecule has 112 valence electrons. The Bertz CT molecular complexity index is 474. The molecular formula is C14H23N3O3. The first kappa shape index (κ1) is 15.0. The number of aryl methyl sites for hydroxylation is 1. The minimum Gasteiger partial charge on any atom is -0.394 e. The van der Waals surface area contributed by atoms with Gasteiger partial charge < -0.3 is 20.1 Å². The third kappa shape index (κ3) is 2.87. The van der Waals surface area contributed by atoms with Crippen molar-refractivity contribution < 1.29 is 14.6 Å². The maximum Gasteiger partial charge on any atom is 0.252 e. The topological polar surface area (TPSA) is 77.6 Å². The minimum atomic E-state index is -0.557. The number of rotatable bonds is 4. The number of nitrogens with zero attached hydrogens (tertiary/aromatic N) is 1. The van der Waals surface area contributed by atoms with Gasteiger partial charge in [0.25, 0.3) is 5.91 Å². The Morgan fingerprint density at radius 1 is 1.70 bits per heavy atom. The number of likely N-dealkylation sites (N-methyl/N-ethyl adjacent to an activating group) is 1. The van der Waals surface area contributed by atoms with Crippen molar-refractivity contribution in [2.75, 3.05) is 33.4 Å². The van der Waals surface area contributed by atoms with Crippen LogP contribution in [-0.4, -0.2) is 65.9 Å². The predicted octanol–water partition coefficient (Wildman–Crippen LogP) is 0.135. The van der Waals surface area contributed by atoms with Gasteiger partial charge in [0.15, 0.2) is 0 Å². The summed E-state index contributed by atoms with van der Waals surface area (Å²) in [5, 5.41) is 12.6. The molecule has 2 heterocycles. The number of nitrogens with one attached hydrogen (secondary N) is 2. The van der Waals surface area contributed by atoms with E-state index in [0.29, 0.717) is 25.3 Å². The molecule has 1 aliphatic heterocycles. The summed E-state index contributed by atoms with van der Waals surface area (Å²) in [4.78, 5) is 17.1. The number of ether oxygens (including phenoxy) is 1. The molecule has 0 aliphatic carbocycles. The first-order chi connectivity index (χ1) is 9.48. The summed E-state index contributed by atoms with van der Waals surface area (Å²) in [7, 11) is 1.95. The standard InChI is InChI=1S/C14H23N3O3/c1-10-4-12(5-15-10)13(19)16-7-14(8-18)9-20-6-11(2)17(14)3/h4-5,11,15,18H,6-9H2,1-3H3,(H,16,19)/t11-,14+/m1/s1. The first-order valence-electron chi connectivity index (χ1n) is 6.83. The van der Waals surface area contributed by atoms with Gasteiger partial charge in [-0.2, -0.15) is 0 Å². The molecule has 2 atom stereocenters. The van der Waals surface area contributed by atoms with E-state index in [2.05, 4.69) is 15.2 Å². The van der Waals surface area contributed by atoms with Crippen LogP contribution in [0.15, 0.2) is 12.3 Å². The van der Waals surface area contributed by atoms with Crippen LogP contribution in [0.25, 0.3) is 0 Å². The number of hydrogen-bond donors (Lipinski definition) is 3. The number of aromatic nitrogens is 1. The normalized spacial score (nSPS) is 27.5. The fourth-order valence-electron chi connectivity index (χ4n) is 2.48. The summed E-state index contributed by atoms with van der Waals surface area (Å²) < 4.78 is 5.54. The van der Waals surface area contributed by atoms with E-state index in [9.17, 15) is 9.90 Å². The molecule has 0 unspecified atom stereocenters. The molecule has 2 rings (SSSR count). The molecule has 0 saturated carbocycles. The Hall–Kier alpha value is -1.37. The Morgan fingerprint density at radius 2 is 2.45 bits per heavy atom. The Balaban J connectivity index is 2.01. The van der Waals surface area contributed by atoms with Crippen molar-refractivity contribution in [2.24, 2.45) is 0 Å². The lowest BCUT2D eigenvalue weighted by molar-refractivity contribution is -0.105. The average molecular weight is 281 g/mol. The zero-order valence-corrected chi connectivity index (χ0v) is 12.3. The molecule has 3 N–H and O–H groups in total. The molecule has 0 aromatic carbocycles. The van der Waals surface area contributed by atoms with Crippen LogP contribution in [0.5, 0.6) is 0 Å². The molecule has 0 radical (unpaired) electrons. The van der Waals surface area contributed by atoms with Gasteiger partial charge in [-0.05, 0) is 27.0 Å². The van der Waals surface area contributed by atoms with E-state index >= 15 is 0 Å². The van der Waals surface area contributed by atoms with E-state index in [0.717, 1.165) is 5.69 Å². The molecule has 0 spiro atoms. The zero-order valence-electron chi connectivity index (χ0n) is 12.3. The lowest BCUT2D eigenvalue weighted by atomic mass is 9.96. The highest BCUT2D eigenvalue weighted by Crippen LogP contribution is 2.21. The molecule has 6 heteroatoms. The smallest absolute Gasteiger partial charge is 0.252 e. The van der Waals surface area contributed by atoms with Crippen molar-refractivity contribution in [2.45, 2.75) is 25.4 Å². The van der Waals surface area contributed by atoms with Gasteiger partial charge in [0.1, 0.15) is 0 Å². The van der Waals surface area contributed by atoms with E-state index < -0.39 is 5.54 Å². The molecule has 1 fully saturated rings. The summed E-state index contributed by atoms with van der Waals surface area (Å²) in [6, 6.07) is 2.01. The Kier molecular flexibility index (Phi) is 4.47. The van der Waals surface area contributed by atoms with Crippen LogP contribution in [-0.2, 0) is 4.74 Å². The van der Waals surface area contributed by atoms with Crippen LogP contribution in [0.1, 0.15) is 23.0 Å². The maximum atomic E-state index is 12.1. The number of carbonyl (C=O) groups excluding carboxylic acids is 1. The van der Waals surface area contributed by atoms with Gasteiger partial charge in [0.05, 0.1) is 30.9 Å². The van der Waals surface area contributed by atoms with E-state index in [4.69, 9.17) is 4.74 Å². The molecule has 1 aromatic heterocycles. The van der Waals surface area contributed by atoms with Crippen LogP contribution in [0.2, 0.25) is 0 Å². The predicted molar refractivity (Wildman–Crippen MR) is 75.7 cm³/mol. The lowest BCUT2D eigenvalue weighted by Crippen LogP contribution is -2.65. The van der Waals surface area contributed by atoms with E-state index in [1.54, 1.807) is 12.3 Å². The van der Waals surface area contributed by atoms with Crippen LogP contribution in [0.4, 0.5) is 0 Å². The summed E-state index contributed by atoms with van der Waals surface area (Å²) >= 11 is 0. The fourth-order valence-corrected chi connectivity index (χ4v) is 2.48. The average Bonchev–Trinajstić information content (AvgIpc) is 2.87. The van der Waals surface area contributed by atoms with Gasteiger partial charge in [0, 0.05) is 24.5 Å². The molecule has 1 aliphatic rings. The van der Waals surface area contributed by atoms with Gasteiger partial charge in [-0.1, -0.05) is 0 Å². The second-order valence-corrected chi connectivity index (χ2v) is 5.61. The van der Waals surface area contributed by atoms with Gasteiger partial charge >= 0.3 is 0 Å². The summed E-state index contributed by atoms with van der Waals surface area (Å²) in [6.07, 6.45) is 1.68.